The highest BCUT2D eigenvalue weighted by Crippen LogP contribution is 2.45. The molecule has 0 saturated heterocycles. The molecule has 4 nitrogen and oxygen atoms in total. The van der Waals surface area contributed by atoms with Crippen LogP contribution >= 0.6 is 11.3 Å². The number of furan rings is 1. The Hall–Kier alpha value is -7.21. The normalized spacial score (nSPS) is 11.6. The van der Waals surface area contributed by atoms with E-state index in [4.69, 9.17) is 19.4 Å². The summed E-state index contributed by atoms with van der Waals surface area (Å²) in [6.07, 6.45) is 0. The maximum atomic E-state index is 6.80. The smallest absolute Gasteiger partial charge is 0.167 e. The van der Waals surface area contributed by atoms with Gasteiger partial charge >= 0.3 is 0 Å². The topological polar surface area (TPSA) is 51.8 Å². The molecule has 5 heteroatoms. The van der Waals surface area contributed by atoms with Gasteiger partial charge in [-0.2, -0.15) is 0 Å². The van der Waals surface area contributed by atoms with E-state index in [2.05, 4.69) is 152 Å². The summed E-state index contributed by atoms with van der Waals surface area (Å²) in [7, 11) is 0. The quantitative estimate of drug-likeness (QED) is 0.171. The van der Waals surface area contributed by atoms with Crippen molar-refractivity contribution in [1.82, 2.24) is 15.0 Å². The van der Waals surface area contributed by atoms with Crippen molar-refractivity contribution in [2.75, 3.05) is 0 Å². The lowest BCUT2D eigenvalue weighted by molar-refractivity contribution is 0.669. The number of nitrogens with zero attached hydrogens (tertiary/aromatic N) is 3. The van der Waals surface area contributed by atoms with E-state index in [1.54, 1.807) is 11.3 Å². The zero-order valence-corrected chi connectivity index (χ0v) is 30.9. The van der Waals surface area contributed by atoms with Gasteiger partial charge in [-0.3, -0.25) is 0 Å². The Morgan fingerprint density at radius 2 is 0.857 bits per heavy atom. The average molecular weight is 734 g/mol. The van der Waals surface area contributed by atoms with Crippen LogP contribution < -0.4 is 0 Å². The first-order valence-corrected chi connectivity index (χ1v) is 19.5. The molecule has 8 aromatic carbocycles. The Balaban J connectivity index is 1.13. The summed E-state index contributed by atoms with van der Waals surface area (Å²) in [6, 6.07) is 65.5. The van der Waals surface area contributed by atoms with Crippen molar-refractivity contribution in [2.24, 2.45) is 0 Å². The van der Waals surface area contributed by atoms with Gasteiger partial charge in [0.2, 0.25) is 0 Å². The molecule has 3 aromatic heterocycles. The molecule has 0 unspecified atom stereocenters. The molecule has 11 aromatic rings. The zero-order valence-electron chi connectivity index (χ0n) is 30.1. The minimum atomic E-state index is 0.563. The lowest BCUT2D eigenvalue weighted by Gasteiger charge is -2.11. The summed E-state index contributed by atoms with van der Waals surface area (Å²) in [6.45, 7) is 0. The van der Waals surface area contributed by atoms with E-state index in [1.807, 2.05) is 36.4 Å². The maximum absolute atomic E-state index is 6.80. The van der Waals surface area contributed by atoms with Crippen LogP contribution in [0.25, 0.3) is 110 Å². The van der Waals surface area contributed by atoms with Crippen LogP contribution in [-0.2, 0) is 0 Å². The number of thiophene rings is 1. The Morgan fingerprint density at radius 1 is 0.339 bits per heavy atom. The fourth-order valence-corrected chi connectivity index (χ4v) is 9.29. The van der Waals surface area contributed by atoms with Gasteiger partial charge < -0.3 is 4.42 Å². The Labute approximate surface area is 327 Å². The van der Waals surface area contributed by atoms with Gasteiger partial charge in [-0.05, 0) is 57.6 Å². The van der Waals surface area contributed by atoms with Gasteiger partial charge in [-0.1, -0.05) is 164 Å². The third-order valence-corrected chi connectivity index (χ3v) is 11.8. The summed E-state index contributed by atoms with van der Waals surface area (Å²) in [5, 5.41) is 4.51. The average Bonchev–Trinajstić information content (AvgIpc) is 3.86. The largest absolute Gasteiger partial charge is 0.455 e. The first kappa shape index (κ1) is 32.2. The molecule has 0 aliphatic rings. The minimum absolute atomic E-state index is 0.563. The van der Waals surface area contributed by atoms with Crippen molar-refractivity contribution in [3.8, 4) is 67.5 Å². The molecule has 0 fully saturated rings. The van der Waals surface area contributed by atoms with Gasteiger partial charge in [0.05, 0.1) is 5.56 Å². The van der Waals surface area contributed by atoms with Crippen LogP contribution in [0.3, 0.4) is 0 Å². The van der Waals surface area contributed by atoms with Gasteiger partial charge in [-0.25, -0.2) is 15.0 Å². The van der Waals surface area contributed by atoms with Crippen molar-refractivity contribution in [2.45, 2.75) is 0 Å². The van der Waals surface area contributed by atoms with Crippen LogP contribution in [-0.4, -0.2) is 15.0 Å². The van der Waals surface area contributed by atoms with Crippen LogP contribution in [0.4, 0.5) is 0 Å². The Kier molecular flexibility index (Phi) is 7.64. The van der Waals surface area contributed by atoms with Crippen molar-refractivity contribution in [1.29, 1.82) is 0 Å². The van der Waals surface area contributed by atoms with Gasteiger partial charge in [0.15, 0.2) is 17.5 Å². The molecular weight excluding hydrogens is 703 g/mol. The summed E-state index contributed by atoms with van der Waals surface area (Å²) in [5.41, 5.74) is 11.3. The molecule has 262 valence electrons. The van der Waals surface area contributed by atoms with E-state index < -0.39 is 0 Å². The highest BCUT2D eigenvalue weighted by atomic mass is 32.1. The standard InChI is InChI=1S/C51H31N3OS/c1-4-16-32(17-5-1)35-22-10-11-23-37(35)38-25-14-30-43-45(38)39-26-12-28-41(47(39)55-43)50-52-49(34-20-8-3-9-21-34)53-51(54-50)42-29-13-27-40-46-36(33-18-6-2-7-19-33)24-15-31-44(46)56-48(40)42/h1-31H. The van der Waals surface area contributed by atoms with E-state index in [0.29, 0.717) is 17.5 Å². The van der Waals surface area contributed by atoms with E-state index >= 15 is 0 Å². The number of aromatic nitrogens is 3. The predicted molar refractivity (Wildman–Crippen MR) is 233 cm³/mol. The second-order valence-electron chi connectivity index (χ2n) is 13.9. The number of rotatable bonds is 6. The molecule has 3 heterocycles. The molecule has 11 rings (SSSR count). The molecule has 0 N–H and O–H groups in total. The minimum Gasteiger partial charge on any atom is -0.455 e. The second kappa shape index (κ2) is 13.3. The monoisotopic (exact) mass is 733 g/mol. The van der Waals surface area contributed by atoms with Gasteiger partial charge in [0.1, 0.15) is 11.2 Å². The summed E-state index contributed by atoms with van der Waals surface area (Å²) < 4.78 is 9.17. The highest BCUT2D eigenvalue weighted by Gasteiger charge is 2.22. The highest BCUT2D eigenvalue weighted by molar-refractivity contribution is 7.26. The Bertz CT molecular complexity index is 3240. The first-order valence-electron chi connectivity index (χ1n) is 18.7. The van der Waals surface area contributed by atoms with Crippen LogP contribution in [0.1, 0.15) is 0 Å². The molecule has 0 radical (unpaired) electrons. The summed E-state index contributed by atoms with van der Waals surface area (Å²) in [5.74, 6) is 1.80. The molecule has 56 heavy (non-hydrogen) atoms. The van der Waals surface area contributed by atoms with Gasteiger partial charge in [0, 0.05) is 42.1 Å². The third-order valence-electron chi connectivity index (χ3n) is 10.6. The number of benzene rings is 8. The number of para-hydroxylation sites is 1. The lowest BCUT2D eigenvalue weighted by Crippen LogP contribution is -2.00. The van der Waals surface area contributed by atoms with Crippen LogP contribution in [0, 0.1) is 0 Å². The van der Waals surface area contributed by atoms with E-state index in [-0.39, 0.29) is 0 Å². The van der Waals surface area contributed by atoms with E-state index in [9.17, 15) is 0 Å². The maximum Gasteiger partial charge on any atom is 0.167 e. The van der Waals surface area contributed by atoms with Crippen LogP contribution in [0.2, 0.25) is 0 Å². The number of hydrogen-bond acceptors (Lipinski definition) is 5. The summed E-state index contributed by atoms with van der Waals surface area (Å²) in [4.78, 5) is 15.6. The van der Waals surface area contributed by atoms with Crippen LogP contribution in [0.15, 0.2) is 192 Å². The number of fused-ring (bicyclic) bond motifs is 6. The molecule has 0 amide bonds. The summed E-state index contributed by atoms with van der Waals surface area (Å²) >= 11 is 1.78. The van der Waals surface area contributed by atoms with Crippen molar-refractivity contribution in [3.63, 3.8) is 0 Å². The molecule has 0 saturated carbocycles. The van der Waals surface area contributed by atoms with Crippen LogP contribution in [0.5, 0.6) is 0 Å². The predicted octanol–water partition coefficient (Wildman–Crippen LogP) is 14.1. The van der Waals surface area contributed by atoms with Crippen molar-refractivity contribution < 1.29 is 4.42 Å². The fraction of sp³-hybridized carbons (Fsp3) is 0. The molecule has 0 atom stereocenters. The van der Waals surface area contributed by atoms with Crippen molar-refractivity contribution in [3.05, 3.63) is 188 Å². The van der Waals surface area contributed by atoms with Crippen molar-refractivity contribution >= 4 is 53.4 Å². The zero-order chi connectivity index (χ0) is 37.0. The van der Waals surface area contributed by atoms with E-state index in [0.717, 1.165) is 54.5 Å². The second-order valence-corrected chi connectivity index (χ2v) is 14.9. The molecule has 0 spiro atoms. The Morgan fingerprint density at radius 3 is 1.61 bits per heavy atom. The molecule has 0 aliphatic carbocycles. The fourth-order valence-electron chi connectivity index (χ4n) is 8.05. The van der Waals surface area contributed by atoms with E-state index in [1.165, 1.54) is 37.7 Å². The first-order chi connectivity index (χ1) is 27.8. The molecule has 0 bridgehead atoms. The SMILES string of the molecule is c1ccc(-c2nc(-c3cccc4c3oc3cccc(-c5ccccc5-c5ccccc5)c34)nc(-c3cccc4c3sc3cccc(-c5ccccc5)c34)n2)cc1. The lowest BCUT2D eigenvalue weighted by atomic mass is 9.92. The van der Waals surface area contributed by atoms with Gasteiger partial charge in [-0.15, -0.1) is 11.3 Å². The molecular formula is C51H31N3OS. The number of hydrogen-bond donors (Lipinski definition) is 0. The third kappa shape index (κ3) is 5.32. The van der Waals surface area contributed by atoms with Gasteiger partial charge in [0.25, 0.3) is 0 Å². The molecule has 0 aliphatic heterocycles.